The highest BCUT2D eigenvalue weighted by atomic mass is 32.1. The van der Waals surface area contributed by atoms with Gasteiger partial charge in [0.15, 0.2) is 0 Å². The van der Waals surface area contributed by atoms with Crippen LogP contribution in [0.1, 0.15) is 41.9 Å². The largest absolute Gasteiger partial charge is 0.390 e. The van der Waals surface area contributed by atoms with Gasteiger partial charge in [-0.2, -0.15) is 0 Å². The third-order valence-electron chi connectivity index (χ3n) is 3.96. The summed E-state index contributed by atoms with van der Waals surface area (Å²) in [6, 6.07) is 0.0383. The van der Waals surface area contributed by atoms with Gasteiger partial charge in [0.2, 0.25) is 5.13 Å². The quantitative estimate of drug-likeness (QED) is 0.860. The van der Waals surface area contributed by atoms with Crippen molar-refractivity contribution < 1.29 is 5.11 Å². The number of nitrogens with zero attached hydrogens (tertiary/aromatic N) is 4. The number of β-amino-alcohol motifs (C(OH)–C–C–N with tert-alkyl or cyclic N) is 1. The Hall–Kier alpha value is -1.09. The molecular formula is C15H23N5OS2. The Balaban J connectivity index is 1.53. The number of anilines is 1. The number of nitrogens with one attached hydrogen (secondary N) is 1. The van der Waals surface area contributed by atoms with Crippen LogP contribution in [0.15, 0.2) is 5.38 Å². The summed E-state index contributed by atoms with van der Waals surface area (Å²) in [5, 5.41) is 27.2. The first kappa shape index (κ1) is 16.8. The predicted molar refractivity (Wildman–Crippen MR) is 94.2 cm³/mol. The Morgan fingerprint density at radius 1 is 1.43 bits per heavy atom. The van der Waals surface area contributed by atoms with Crippen molar-refractivity contribution in [1.29, 1.82) is 0 Å². The smallest absolute Gasteiger partial charge is 0.205 e. The number of likely N-dealkylation sites (tertiary alicyclic amines) is 1. The molecule has 1 fully saturated rings. The van der Waals surface area contributed by atoms with Crippen LogP contribution < -0.4 is 5.32 Å². The van der Waals surface area contributed by atoms with E-state index in [1.165, 1.54) is 0 Å². The van der Waals surface area contributed by atoms with E-state index in [0.717, 1.165) is 40.4 Å². The lowest BCUT2D eigenvalue weighted by Gasteiger charge is -2.35. The minimum absolute atomic E-state index is 0.0383. The van der Waals surface area contributed by atoms with E-state index in [-0.39, 0.29) is 6.04 Å². The fourth-order valence-corrected chi connectivity index (χ4v) is 4.12. The van der Waals surface area contributed by atoms with Crippen molar-refractivity contribution in [2.45, 2.75) is 51.8 Å². The highest BCUT2D eigenvalue weighted by Gasteiger charge is 2.28. The van der Waals surface area contributed by atoms with Gasteiger partial charge in [-0.15, -0.1) is 21.5 Å². The standard InChI is InChI=1S/C15H23N5OS2/c1-9(2)14-18-19-15(23-14)17-12-4-5-20(7-13(12)21)6-11-8-22-10(3)16-11/h8-9,12-13,21H,4-7H2,1-3H3,(H,17,19). The maximum Gasteiger partial charge on any atom is 0.205 e. The average Bonchev–Trinajstić information content (AvgIpc) is 3.11. The van der Waals surface area contributed by atoms with Crippen molar-refractivity contribution in [2.24, 2.45) is 0 Å². The SMILES string of the molecule is Cc1nc(CN2CCC(Nc3nnc(C(C)C)s3)C(O)C2)cs1. The van der Waals surface area contributed by atoms with Gasteiger partial charge in [-0.3, -0.25) is 4.90 Å². The second kappa shape index (κ2) is 7.21. The van der Waals surface area contributed by atoms with Crippen LogP contribution >= 0.6 is 22.7 Å². The average molecular weight is 354 g/mol. The van der Waals surface area contributed by atoms with Crippen molar-refractivity contribution in [1.82, 2.24) is 20.1 Å². The van der Waals surface area contributed by atoms with Crippen LogP contribution in [0.25, 0.3) is 0 Å². The zero-order valence-electron chi connectivity index (χ0n) is 13.7. The second-order valence-corrected chi connectivity index (χ2v) is 8.37. The highest BCUT2D eigenvalue weighted by Crippen LogP contribution is 2.25. The first-order valence-corrected chi connectivity index (χ1v) is 9.62. The zero-order valence-corrected chi connectivity index (χ0v) is 15.3. The number of aromatic nitrogens is 3. The topological polar surface area (TPSA) is 74.2 Å². The molecule has 1 saturated heterocycles. The van der Waals surface area contributed by atoms with E-state index in [4.69, 9.17) is 0 Å². The number of hydrogen-bond donors (Lipinski definition) is 2. The van der Waals surface area contributed by atoms with E-state index in [0.29, 0.717) is 12.5 Å². The molecule has 2 atom stereocenters. The van der Waals surface area contributed by atoms with Crippen LogP contribution in [-0.2, 0) is 6.54 Å². The summed E-state index contributed by atoms with van der Waals surface area (Å²) in [5.41, 5.74) is 1.09. The Morgan fingerprint density at radius 3 is 2.87 bits per heavy atom. The van der Waals surface area contributed by atoms with Crippen LogP contribution in [0, 0.1) is 6.92 Å². The zero-order chi connectivity index (χ0) is 16.4. The molecular weight excluding hydrogens is 330 g/mol. The summed E-state index contributed by atoms with van der Waals surface area (Å²) in [6.45, 7) is 8.65. The van der Waals surface area contributed by atoms with Gasteiger partial charge in [0, 0.05) is 30.9 Å². The molecule has 0 amide bonds. The lowest BCUT2D eigenvalue weighted by Crippen LogP contribution is -2.49. The molecule has 1 aliphatic heterocycles. The Labute approximate surface area is 144 Å². The molecule has 0 aromatic carbocycles. The number of rotatable bonds is 5. The van der Waals surface area contributed by atoms with Gasteiger partial charge < -0.3 is 10.4 Å². The summed E-state index contributed by atoms with van der Waals surface area (Å²) in [5.74, 6) is 0.386. The maximum absolute atomic E-state index is 10.4. The fraction of sp³-hybridized carbons (Fsp3) is 0.667. The molecule has 3 heterocycles. The Bertz CT molecular complexity index is 641. The highest BCUT2D eigenvalue weighted by molar-refractivity contribution is 7.15. The first-order valence-electron chi connectivity index (χ1n) is 7.92. The minimum Gasteiger partial charge on any atom is -0.390 e. The lowest BCUT2D eigenvalue weighted by atomic mass is 10.0. The van der Waals surface area contributed by atoms with E-state index in [1.807, 2.05) is 6.92 Å². The van der Waals surface area contributed by atoms with Crippen LogP contribution in [0.3, 0.4) is 0 Å². The van der Waals surface area contributed by atoms with E-state index in [2.05, 4.69) is 44.6 Å². The van der Waals surface area contributed by atoms with Gasteiger partial charge in [-0.1, -0.05) is 25.2 Å². The molecule has 8 heteroatoms. The molecule has 0 spiro atoms. The molecule has 1 aliphatic rings. The fourth-order valence-electron chi connectivity index (χ4n) is 2.70. The molecule has 2 aromatic rings. The van der Waals surface area contributed by atoms with Crippen molar-refractivity contribution in [3.63, 3.8) is 0 Å². The first-order chi connectivity index (χ1) is 11.0. The van der Waals surface area contributed by atoms with Crippen molar-refractivity contribution in [2.75, 3.05) is 18.4 Å². The van der Waals surface area contributed by atoms with E-state index >= 15 is 0 Å². The molecule has 2 N–H and O–H groups in total. The molecule has 6 nitrogen and oxygen atoms in total. The van der Waals surface area contributed by atoms with Gasteiger partial charge in [-0.25, -0.2) is 4.98 Å². The molecule has 23 heavy (non-hydrogen) atoms. The number of piperidine rings is 1. The van der Waals surface area contributed by atoms with Gasteiger partial charge in [-0.05, 0) is 13.3 Å². The monoisotopic (exact) mass is 353 g/mol. The molecule has 126 valence electrons. The Kier molecular flexibility index (Phi) is 5.25. The summed E-state index contributed by atoms with van der Waals surface area (Å²) in [4.78, 5) is 6.76. The van der Waals surface area contributed by atoms with Crippen LogP contribution in [0.4, 0.5) is 5.13 Å². The van der Waals surface area contributed by atoms with Crippen LogP contribution in [0.2, 0.25) is 0 Å². The number of aliphatic hydroxyl groups excluding tert-OH is 1. The second-order valence-electron chi connectivity index (χ2n) is 6.30. The summed E-state index contributed by atoms with van der Waals surface area (Å²) < 4.78 is 0. The lowest BCUT2D eigenvalue weighted by molar-refractivity contribution is 0.0556. The van der Waals surface area contributed by atoms with E-state index in [9.17, 15) is 5.11 Å². The third kappa shape index (κ3) is 4.26. The predicted octanol–water partition coefficient (Wildman–Crippen LogP) is 2.47. The van der Waals surface area contributed by atoms with Crippen molar-refractivity contribution in [3.8, 4) is 0 Å². The van der Waals surface area contributed by atoms with E-state index < -0.39 is 6.10 Å². The van der Waals surface area contributed by atoms with Crippen molar-refractivity contribution >= 4 is 27.8 Å². The van der Waals surface area contributed by atoms with E-state index in [1.54, 1.807) is 22.7 Å². The number of aryl methyl sites for hydroxylation is 1. The van der Waals surface area contributed by atoms with Gasteiger partial charge in [0.1, 0.15) is 5.01 Å². The normalized spacial score (nSPS) is 22.7. The van der Waals surface area contributed by atoms with Gasteiger partial charge in [0.05, 0.1) is 22.8 Å². The molecule has 2 unspecified atom stereocenters. The van der Waals surface area contributed by atoms with Crippen molar-refractivity contribution in [3.05, 3.63) is 21.1 Å². The van der Waals surface area contributed by atoms with Gasteiger partial charge >= 0.3 is 0 Å². The van der Waals surface area contributed by atoms with Crippen LogP contribution in [0.5, 0.6) is 0 Å². The molecule has 0 aliphatic carbocycles. The summed E-state index contributed by atoms with van der Waals surface area (Å²) in [7, 11) is 0. The minimum atomic E-state index is -0.408. The summed E-state index contributed by atoms with van der Waals surface area (Å²) >= 11 is 3.25. The van der Waals surface area contributed by atoms with Gasteiger partial charge in [0.25, 0.3) is 0 Å². The number of hydrogen-bond acceptors (Lipinski definition) is 8. The molecule has 0 bridgehead atoms. The molecule has 2 aromatic heterocycles. The molecule has 0 radical (unpaired) electrons. The maximum atomic E-state index is 10.4. The molecule has 0 saturated carbocycles. The van der Waals surface area contributed by atoms with Crippen LogP contribution in [-0.4, -0.2) is 50.4 Å². The Morgan fingerprint density at radius 2 is 2.26 bits per heavy atom. The number of thiazole rings is 1. The molecule has 3 rings (SSSR count). The number of aliphatic hydroxyl groups is 1. The third-order valence-corrected chi connectivity index (χ3v) is 5.94. The summed E-state index contributed by atoms with van der Waals surface area (Å²) in [6.07, 6.45) is 0.482.